The van der Waals surface area contributed by atoms with Gasteiger partial charge in [-0.2, -0.15) is 0 Å². The number of rotatable bonds is 5. The molecule has 6 heteroatoms. The summed E-state index contributed by atoms with van der Waals surface area (Å²) >= 11 is 1.43. The number of benzene rings is 1. The Morgan fingerprint density at radius 3 is 2.81 bits per heavy atom. The van der Waals surface area contributed by atoms with Crippen molar-refractivity contribution in [1.29, 1.82) is 0 Å². The molecule has 0 saturated heterocycles. The fourth-order valence-corrected chi connectivity index (χ4v) is 3.08. The smallest absolute Gasteiger partial charge is 0.306 e. The minimum absolute atomic E-state index is 0.0499. The summed E-state index contributed by atoms with van der Waals surface area (Å²) in [5, 5.41) is 0. The van der Waals surface area contributed by atoms with Gasteiger partial charge in [-0.3, -0.25) is 14.4 Å². The van der Waals surface area contributed by atoms with Gasteiger partial charge >= 0.3 is 5.97 Å². The quantitative estimate of drug-likeness (QED) is 0.617. The van der Waals surface area contributed by atoms with Gasteiger partial charge in [0.15, 0.2) is 5.78 Å². The van der Waals surface area contributed by atoms with Crippen molar-refractivity contribution in [2.45, 2.75) is 24.7 Å². The number of ketones is 1. The van der Waals surface area contributed by atoms with Gasteiger partial charge in [0, 0.05) is 23.9 Å². The standard InChI is InChI=1S/C15H17NO4S/c1-3-20-15(19)7-6-12(17)10-4-5-11-13(8-10)21-9-14(18)16(11)2/h4-5,8H,3,6-7,9H2,1-2H3. The van der Waals surface area contributed by atoms with Crippen LogP contribution in [0, 0.1) is 0 Å². The normalized spacial score (nSPS) is 13.8. The molecule has 0 atom stereocenters. The first-order valence-corrected chi connectivity index (χ1v) is 7.73. The molecule has 1 aromatic rings. The Bertz CT molecular complexity index is 585. The van der Waals surface area contributed by atoms with Crippen molar-refractivity contribution in [1.82, 2.24) is 0 Å². The maximum Gasteiger partial charge on any atom is 0.306 e. The summed E-state index contributed by atoms with van der Waals surface area (Å²) in [4.78, 5) is 37.5. The molecule has 1 aliphatic heterocycles. The first kappa shape index (κ1) is 15.6. The lowest BCUT2D eigenvalue weighted by Gasteiger charge is -2.25. The highest BCUT2D eigenvalue weighted by Crippen LogP contribution is 2.35. The molecule has 0 N–H and O–H groups in total. The van der Waals surface area contributed by atoms with Gasteiger partial charge in [-0.1, -0.05) is 0 Å². The molecular weight excluding hydrogens is 290 g/mol. The van der Waals surface area contributed by atoms with Crippen molar-refractivity contribution >= 4 is 35.1 Å². The largest absolute Gasteiger partial charge is 0.466 e. The Balaban J connectivity index is 2.06. The predicted octanol–water partition coefficient (Wildman–Crippen LogP) is 2.28. The van der Waals surface area contributed by atoms with Gasteiger partial charge in [0.1, 0.15) is 0 Å². The molecule has 0 aromatic heterocycles. The molecule has 1 aromatic carbocycles. The number of fused-ring (bicyclic) bond motifs is 1. The van der Waals surface area contributed by atoms with Gasteiger partial charge < -0.3 is 9.64 Å². The zero-order chi connectivity index (χ0) is 15.4. The third-order valence-corrected chi connectivity index (χ3v) is 4.26. The molecule has 21 heavy (non-hydrogen) atoms. The van der Waals surface area contributed by atoms with Crippen LogP contribution < -0.4 is 4.90 Å². The van der Waals surface area contributed by atoms with E-state index in [9.17, 15) is 14.4 Å². The minimum atomic E-state index is -0.358. The van der Waals surface area contributed by atoms with Crippen LogP contribution in [-0.4, -0.2) is 37.1 Å². The van der Waals surface area contributed by atoms with Crippen LogP contribution >= 0.6 is 11.8 Å². The Morgan fingerprint density at radius 1 is 1.33 bits per heavy atom. The maximum absolute atomic E-state index is 12.1. The zero-order valence-corrected chi connectivity index (χ0v) is 12.9. The highest BCUT2D eigenvalue weighted by molar-refractivity contribution is 8.00. The molecule has 112 valence electrons. The number of anilines is 1. The number of Topliss-reactive ketones (excluding diaryl/α,β-unsaturated/α-hetero) is 1. The molecule has 0 unspecified atom stereocenters. The zero-order valence-electron chi connectivity index (χ0n) is 12.0. The Labute approximate surface area is 127 Å². The van der Waals surface area contributed by atoms with E-state index in [0.717, 1.165) is 10.6 Å². The van der Waals surface area contributed by atoms with Crippen LogP contribution in [0.4, 0.5) is 5.69 Å². The molecule has 1 amide bonds. The van der Waals surface area contributed by atoms with Crippen LogP contribution in [-0.2, 0) is 14.3 Å². The summed E-state index contributed by atoms with van der Waals surface area (Å²) in [5.41, 5.74) is 1.38. The molecule has 0 spiro atoms. The molecule has 0 saturated carbocycles. The first-order chi connectivity index (χ1) is 10.0. The highest BCUT2D eigenvalue weighted by Gasteiger charge is 2.22. The van der Waals surface area contributed by atoms with Gasteiger partial charge in [-0.25, -0.2) is 0 Å². The van der Waals surface area contributed by atoms with E-state index in [-0.39, 0.29) is 30.5 Å². The lowest BCUT2D eigenvalue weighted by Crippen LogP contribution is -2.31. The average molecular weight is 307 g/mol. The van der Waals surface area contributed by atoms with Crippen molar-refractivity contribution in [2.75, 3.05) is 24.3 Å². The van der Waals surface area contributed by atoms with Gasteiger partial charge in [-0.15, -0.1) is 11.8 Å². The number of amides is 1. The molecule has 1 heterocycles. The SMILES string of the molecule is CCOC(=O)CCC(=O)c1ccc2c(c1)SCC(=O)N2C. The van der Waals surface area contributed by atoms with E-state index in [2.05, 4.69) is 0 Å². The summed E-state index contributed by atoms with van der Waals surface area (Å²) in [6, 6.07) is 5.26. The van der Waals surface area contributed by atoms with Crippen LogP contribution in [0.25, 0.3) is 0 Å². The van der Waals surface area contributed by atoms with E-state index >= 15 is 0 Å². The predicted molar refractivity (Wildman–Crippen MR) is 80.8 cm³/mol. The maximum atomic E-state index is 12.1. The van der Waals surface area contributed by atoms with Gasteiger partial charge in [0.25, 0.3) is 0 Å². The fourth-order valence-electron chi connectivity index (χ4n) is 2.04. The number of carbonyl (C=O) groups excluding carboxylic acids is 3. The lowest BCUT2D eigenvalue weighted by molar-refractivity contribution is -0.143. The average Bonchev–Trinajstić information content (AvgIpc) is 2.48. The van der Waals surface area contributed by atoms with Gasteiger partial charge in [-0.05, 0) is 25.1 Å². The summed E-state index contributed by atoms with van der Waals surface area (Å²) < 4.78 is 4.81. The van der Waals surface area contributed by atoms with E-state index in [0.29, 0.717) is 17.9 Å². The van der Waals surface area contributed by atoms with E-state index in [1.54, 1.807) is 37.1 Å². The van der Waals surface area contributed by atoms with Crippen molar-refractivity contribution in [3.05, 3.63) is 23.8 Å². The van der Waals surface area contributed by atoms with Gasteiger partial charge in [0.2, 0.25) is 5.91 Å². The van der Waals surface area contributed by atoms with Crippen LogP contribution in [0.1, 0.15) is 30.1 Å². The van der Waals surface area contributed by atoms with E-state index in [1.807, 2.05) is 0 Å². The molecule has 0 aliphatic carbocycles. The van der Waals surface area contributed by atoms with Crippen molar-refractivity contribution in [3.8, 4) is 0 Å². The molecule has 5 nitrogen and oxygen atoms in total. The Kier molecular flexibility index (Phi) is 5.01. The Hall–Kier alpha value is -1.82. The lowest BCUT2D eigenvalue weighted by atomic mass is 10.1. The van der Waals surface area contributed by atoms with E-state index < -0.39 is 0 Å². The van der Waals surface area contributed by atoms with Crippen LogP contribution in [0.5, 0.6) is 0 Å². The molecular formula is C15H17NO4S. The van der Waals surface area contributed by atoms with Crippen molar-refractivity contribution in [2.24, 2.45) is 0 Å². The second kappa shape index (κ2) is 6.76. The molecule has 0 bridgehead atoms. The number of thioether (sulfide) groups is 1. The molecule has 0 fully saturated rings. The third-order valence-electron chi connectivity index (χ3n) is 3.23. The number of hydrogen-bond donors (Lipinski definition) is 0. The minimum Gasteiger partial charge on any atom is -0.466 e. The van der Waals surface area contributed by atoms with Crippen molar-refractivity contribution < 1.29 is 19.1 Å². The monoisotopic (exact) mass is 307 g/mol. The third kappa shape index (κ3) is 3.64. The summed E-state index contributed by atoms with van der Waals surface area (Å²) in [5.74, 6) is -0.0207. The van der Waals surface area contributed by atoms with Crippen LogP contribution in [0.2, 0.25) is 0 Å². The van der Waals surface area contributed by atoms with Gasteiger partial charge in [0.05, 0.1) is 24.5 Å². The van der Waals surface area contributed by atoms with E-state index in [4.69, 9.17) is 4.74 Å². The highest BCUT2D eigenvalue weighted by atomic mass is 32.2. The first-order valence-electron chi connectivity index (χ1n) is 6.75. The van der Waals surface area contributed by atoms with Crippen LogP contribution in [0.3, 0.4) is 0 Å². The second-order valence-corrected chi connectivity index (χ2v) is 5.67. The Morgan fingerprint density at radius 2 is 2.10 bits per heavy atom. The van der Waals surface area contributed by atoms with Crippen molar-refractivity contribution in [3.63, 3.8) is 0 Å². The number of esters is 1. The number of hydrogen-bond acceptors (Lipinski definition) is 5. The second-order valence-electron chi connectivity index (χ2n) is 4.65. The van der Waals surface area contributed by atoms with Crippen LogP contribution in [0.15, 0.2) is 23.1 Å². The summed E-state index contributed by atoms with van der Waals surface area (Å²) in [7, 11) is 1.73. The topological polar surface area (TPSA) is 63.7 Å². The molecule has 1 aliphatic rings. The molecule has 2 rings (SSSR count). The van der Waals surface area contributed by atoms with E-state index in [1.165, 1.54) is 11.8 Å². The number of ether oxygens (including phenoxy) is 1. The summed E-state index contributed by atoms with van der Waals surface area (Å²) in [6.45, 7) is 2.06. The summed E-state index contributed by atoms with van der Waals surface area (Å²) in [6.07, 6.45) is 0.229. The number of nitrogens with zero attached hydrogens (tertiary/aromatic N) is 1. The molecule has 0 radical (unpaired) electrons. The fraction of sp³-hybridized carbons (Fsp3) is 0.400. The number of carbonyl (C=O) groups is 3.